The Kier molecular flexibility index (Phi) is 4.09. The second kappa shape index (κ2) is 5.34. The molecule has 3 nitrogen and oxygen atoms in total. The maximum absolute atomic E-state index is 12.9. The molecule has 1 rings (SSSR count). The SMILES string of the molecule is CCNC(N)=NCc1ccc(F)c(C)c1. The lowest BCUT2D eigenvalue weighted by atomic mass is 10.1. The molecule has 0 bridgehead atoms. The highest BCUT2D eigenvalue weighted by Gasteiger charge is 1.98. The van der Waals surface area contributed by atoms with E-state index in [4.69, 9.17) is 5.73 Å². The fourth-order valence-corrected chi connectivity index (χ4v) is 1.22. The van der Waals surface area contributed by atoms with Gasteiger partial charge < -0.3 is 11.1 Å². The summed E-state index contributed by atoms with van der Waals surface area (Å²) < 4.78 is 12.9. The van der Waals surface area contributed by atoms with Gasteiger partial charge in [0.2, 0.25) is 0 Å². The zero-order valence-corrected chi connectivity index (χ0v) is 9.05. The Bertz CT molecular complexity index is 361. The number of nitrogens with one attached hydrogen (secondary N) is 1. The van der Waals surface area contributed by atoms with E-state index in [9.17, 15) is 4.39 Å². The number of halogens is 1. The van der Waals surface area contributed by atoms with E-state index >= 15 is 0 Å². The van der Waals surface area contributed by atoms with E-state index in [1.807, 2.05) is 6.92 Å². The van der Waals surface area contributed by atoms with Crippen molar-refractivity contribution < 1.29 is 4.39 Å². The van der Waals surface area contributed by atoms with Crippen LogP contribution in [0.1, 0.15) is 18.1 Å². The Morgan fingerprint density at radius 1 is 1.53 bits per heavy atom. The number of aliphatic imine (C=N–C) groups is 1. The molecule has 0 aromatic heterocycles. The highest BCUT2D eigenvalue weighted by atomic mass is 19.1. The summed E-state index contributed by atoms with van der Waals surface area (Å²) in [5.41, 5.74) is 7.15. The summed E-state index contributed by atoms with van der Waals surface area (Å²) in [5.74, 6) is 0.224. The fourth-order valence-electron chi connectivity index (χ4n) is 1.22. The van der Waals surface area contributed by atoms with Gasteiger partial charge >= 0.3 is 0 Å². The standard InChI is InChI=1S/C11H16FN3/c1-3-14-11(13)15-7-9-4-5-10(12)8(2)6-9/h4-6H,3,7H2,1-2H3,(H3,13,14,15). The van der Waals surface area contributed by atoms with Crippen LogP contribution in [0.25, 0.3) is 0 Å². The van der Waals surface area contributed by atoms with Crippen LogP contribution >= 0.6 is 0 Å². The largest absolute Gasteiger partial charge is 0.370 e. The molecule has 0 fully saturated rings. The van der Waals surface area contributed by atoms with Gasteiger partial charge in [0.05, 0.1) is 6.54 Å². The quantitative estimate of drug-likeness (QED) is 0.586. The predicted octanol–water partition coefficient (Wildman–Crippen LogP) is 1.56. The van der Waals surface area contributed by atoms with Crippen LogP contribution in [0.15, 0.2) is 23.2 Å². The van der Waals surface area contributed by atoms with E-state index in [2.05, 4.69) is 10.3 Å². The summed E-state index contributed by atoms with van der Waals surface area (Å²) in [7, 11) is 0. The van der Waals surface area contributed by atoms with Crippen LogP contribution in [0, 0.1) is 12.7 Å². The highest BCUT2D eigenvalue weighted by Crippen LogP contribution is 2.09. The van der Waals surface area contributed by atoms with Gasteiger partial charge in [0.1, 0.15) is 5.82 Å². The minimum Gasteiger partial charge on any atom is -0.370 e. The number of hydrogen-bond donors (Lipinski definition) is 2. The lowest BCUT2D eigenvalue weighted by Crippen LogP contribution is -2.31. The van der Waals surface area contributed by atoms with Crippen molar-refractivity contribution in [1.82, 2.24) is 5.32 Å². The van der Waals surface area contributed by atoms with Crippen LogP contribution in [0.3, 0.4) is 0 Å². The van der Waals surface area contributed by atoms with Crippen molar-refractivity contribution in [3.63, 3.8) is 0 Å². The second-order valence-electron chi connectivity index (χ2n) is 3.32. The maximum Gasteiger partial charge on any atom is 0.188 e. The average molecular weight is 209 g/mol. The van der Waals surface area contributed by atoms with E-state index in [0.717, 1.165) is 12.1 Å². The number of rotatable bonds is 3. The first-order chi connectivity index (χ1) is 7.13. The zero-order chi connectivity index (χ0) is 11.3. The van der Waals surface area contributed by atoms with Crippen LogP contribution in [0.5, 0.6) is 0 Å². The van der Waals surface area contributed by atoms with Gasteiger partial charge in [0, 0.05) is 6.54 Å². The topological polar surface area (TPSA) is 50.4 Å². The zero-order valence-electron chi connectivity index (χ0n) is 9.05. The Hall–Kier alpha value is -1.58. The van der Waals surface area contributed by atoms with Gasteiger partial charge in [-0.15, -0.1) is 0 Å². The van der Waals surface area contributed by atoms with Gasteiger partial charge in [-0.05, 0) is 31.0 Å². The van der Waals surface area contributed by atoms with Crippen molar-refractivity contribution in [3.05, 3.63) is 35.1 Å². The van der Waals surface area contributed by atoms with Gasteiger partial charge in [0.25, 0.3) is 0 Å². The minimum atomic E-state index is -0.192. The molecule has 0 unspecified atom stereocenters. The molecule has 0 heterocycles. The third kappa shape index (κ3) is 3.58. The monoisotopic (exact) mass is 209 g/mol. The molecule has 0 radical (unpaired) electrons. The number of hydrogen-bond acceptors (Lipinski definition) is 1. The van der Waals surface area contributed by atoms with Gasteiger partial charge in [-0.3, -0.25) is 0 Å². The molecule has 0 atom stereocenters. The summed E-state index contributed by atoms with van der Waals surface area (Å²) in [5, 5.41) is 2.90. The van der Waals surface area contributed by atoms with E-state index in [-0.39, 0.29) is 5.82 Å². The van der Waals surface area contributed by atoms with Crippen molar-refractivity contribution >= 4 is 5.96 Å². The van der Waals surface area contributed by atoms with Crippen LogP contribution < -0.4 is 11.1 Å². The molecule has 0 aliphatic heterocycles. The molecule has 15 heavy (non-hydrogen) atoms. The fraction of sp³-hybridized carbons (Fsp3) is 0.364. The van der Waals surface area contributed by atoms with Crippen LogP contribution in [0.2, 0.25) is 0 Å². The van der Waals surface area contributed by atoms with Crippen molar-refractivity contribution in [1.29, 1.82) is 0 Å². The minimum absolute atomic E-state index is 0.192. The number of nitrogens with zero attached hydrogens (tertiary/aromatic N) is 1. The summed E-state index contributed by atoms with van der Waals surface area (Å²) in [6, 6.07) is 4.94. The van der Waals surface area contributed by atoms with Crippen LogP contribution in [0.4, 0.5) is 4.39 Å². The number of guanidine groups is 1. The molecule has 0 aliphatic rings. The summed E-state index contributed by atoms with van der Waals surface area (Å²) >= 11 is 0. The summed E-state index contributed by atoms with van der Waals surface area (Å²) in [6.45, 7) is 4.90. The molecular formula is C11H16FN3. The average Bonchev–Trinajstić information content (AvgIpc) is 2.20. The van der Waals surface area contributed by atoms with Gasteiger partial charge in [-0.25, -0.2) is 9.38 Å². The molecule has 82 valence electrons. The molecule has 0 spiro atoms. The molecule has 3 N–H and O–H groups in total. The molecular weight excluding hydrogens is 193 g/mol. The van der Waals surface area contributed by atoms with E-state index < -0.39 is 0 Å². The van der Waals surface area contributed by atoms with Crippen molar-refractivity contribution in [3.8, 4) is 0 Å². The Morgan fingerprint density at radius 3 is 2.87 bits per heavy atom. The first-order valence-electron chi connectivity index (χ1n) is 4.92. The molecule has 4 heteroatoms. The Morgan fingerprint density at radius 2 is 2.27 bits per heavy atom. The van der Waals surface area contributed by atoms with E-state index in [0.29, 0.717) is 18.1 Å². The van der Waals surface area contributed by atoms with E-state index in [1.165, 1.54) is 6.07 Å². The smallest absolute Gasteiger partial charge is 0.188 e. The predicted molar refractivity (Wildman–Crippen MR) is 60.1 cm³/mol. The summed E-state index contributed by atoms with van der Waals surface area (Å²) in [6.07, 6.45) is 0. The molecule has 0 amide bonds. The maximum atomic E-state index is 12.9. The lowest BCUT2D eigenvalue weighted by Gasteiger charge is -2.03. The van der Waals surface area contributed by atoms with Gasteiger partial charge in [0.15, 0.2) is 5.96 Å². The third-order valence-electron chi connectivity index (χ3n) is 2.01. The molecule has 0 saturated carbocycles. The Labute approximate surface area is 89.2 Å². The first-order valence-corrected chi connectivity index (χ1v) is 4.92. The van der Waals surface area contributed by atoms with Crippen LogP contribution in [-0.4, -0.2) is 12.5 Å². The van der Waals surface area contributed by atoms with Crippen molar-refractivity contribution in [2.24, 2.45) is 10.7 Å². The number of aryl methyl sites for hydroxylation is 1. The van der Waals surface area contributed by atoms with E-state index in [1.54, 1.807) is 19.1 Å². The van der Waals surface area contributed by atoms with Gasteiger partial charge in [-0.1, -0.05) is 12.1 Å². The van der Waals surface area contributed by atoms with Crippen LogP contribution in [-0.2, 0) is 6.54 Å². The molecule has 0 saturated heterocycles. The molecule has 0 aliphatic carbocycles. The lowest BCUT2D eigenvalue weighted by molar-refractivity contribution is 0.617. The molecule has 1 aromatic rings. The first kappa shape index (κ1) is 11.5. The van der Waals surface area contributed by atoms with Gasteiger partial charge in [-0.2, -0.15) is 0 Å². The Balaban J connectivity index is 2.65. The normalized spacial score (nSPS) is 11.5. The number of nitrogens with two attached hydrogens (primary N) is 1. The molecule has 1 aromatic carbocycles. The van der Waals surface area contributed by atoms with Crippen molar-refractivity contribution in [2.45, 2.75) is 20.4 Å². The number of benzene rings is 1. The third-order valence-corrected chi connectivity index (χ3v) is 2.01. The van der Waals surface area contributed by atoms with Crippen molar-refractivity contribution in [2.75, 3.05) is 6.54 Å². The summed E-state index contributed by atoms with van der Waals surface area (Å²) in [4.78, 5) is 4.12. The second-order valence-corrected chi connectivity index (χ2v) is 3.32. The highest BCUT2D eigenvalue weighted by molar-refractivity contribution is 5.77.